The highest BCUT2D eigenvalue weighted by atomic mass is 19.4. The zero-order chi connectivity index (χ0) is 26.5. The van der Waals surface area contributed by atoms with Crippen LogP contribution in [0.3, 0.4) is 0 Å². The molecule has 1 amide bonds. The van der Waals surface area contributed by atoms with Crippen molar-refractivity contribution >= 4 is 11.6 Å². The molecule has 0 spiro atoms. The number of hydrogen-bond acceptors (Lipinski definition) is 5. The fourth-order valence-corrected chi connectivity index (χ4v) is 4.24. The van der Waals surface area contributed by atoms with E-state index in [0.717, 1.165) is 17.7 Å². The van der Waals surface area contributed by atoms with Crippen LogP contribution in [0.4, 0.5) is 13.2 Å². The van der Waals surface area contributed by atoms with Gasteiger partial charge in [-0.3, -0.25) is 4.79 Å². The first-order chi connectivity index (χ1) is 17.7. The Morgan fingerprint density at radius 1 is 1.05 bits per heavy atom. The molecule has 0 bridgehead atoms. The molecule has 0 aliphatic heterocycles. The third-order valence-corrected chi connectivity index (χ3v) is 6.16. The summed E-state index contributed by atoms with van der Waals surface area (Å²) in [5.74, 6) is -0.247. The van der Waals surface area contributed by atoms with E-state index in [-0.39, 0.29) is 32.3 Å². The van der Waals surface area contributed by atoms with Gasteiger partial charge in [-0.05, 0) is 42.7 Å². The smallest absolute Gasteiger partial charge is 0.394 e. The van der Waals surface area contributed by atoms with Gasteiger partial charge in [0.1, 0.15) is 0 Å². The van der Waals surface area contributed by atoms with Crippen LogP contribution >= 0.6 is 0 Å². The van der Waals surface area contributed by atoms with Crippen molar-refractivity contribution in [1.82, 2.24) is 19.9 Å². The van der Waals surface area contributed by atoms with Crippen LogP contribution in [0.5, 0.6) is 0 Å². The highest BCUT2D eigenvalue weighted by molar-refractivity contribution is 5.88. The van der Waals surface area contributed by atoms with Crippen LogP contribution in [-0.4, -0.2) is 52.0 Å². The van der Waals surface area contributed by atoms with Crippen molar-refractivity contribution in [3.05, 3.63) is 89.9 Å². The predicted octanol–water partition coefficient (Wildman–Crippen LogP) is 4.04. The molecule has 7 nitrogen and oxygen atoms in total. The zero-order valence-electron chi connectivity index (χ0n) is 20.2. The van der Waals surface area contributed by atoms with E-state index in [1.165, 1.54) is 18.3 Å². The molecule has 0 radical (unpaired) electrons. The first-order valence-electron chi connectivity index (χ1n) is 11.8. The topological polar surface area (TPSA) is 88.8 Å². The van der Waals surface area contributed by atoms with Crippen LogP contribution in [0, 0.1) is 0 Å². The molecule has 0 aliphatic carbocycles. The number of amides is 1. The molecule has 2 heterocycles. The summed E-state index contributed by atoms with van der Waals surface area (Å²) in [5, 5.41) is 16.3. The quantitative estimate of drug-likeness (QED) is 0.313. The van der Waals surface area contributed by atoms with Gasteiger partial charge < -0.3 is 15.2 Å². The molecule has 10 heteroatoms. The van der Waals surface area contributed by atoms with Crippen LogP contribution in [0.15, 0.2) is 73.1 Å². The highest BCUT2D eigenvalue weighted by Gasteiger charge is 2.38. The largest absolute Gasteiger partial charge is 0.416 e. The number of alkyl halides is 3. The number of fused-ring (bicyclic) bond motifs is 1. The Bertz CT molecular complexity index is 1340. The number of aliphatic hydroxyl groups is 1. The second-order valence-electron chi connectivity index (χ2n) is 8.79. The van der Waals surface area contributed by atoms with Crippen molar-refractivity contribution in [2.45, 2.75) is 24.9 Å². The minimum atomic E-state index is -4.43. The maximum atomic E-state index is 13.6. The minimum Gasteiger partial charge on any atom is -0.394 e. The number of aliphatic hydroxyl groups excluding tert-OH is 1. The molecule has 0 fully saturated rings. The molecular weight excluding hydrogens is 485 g/mol. The Hall–Kier alpha value is -3.76. The van der Waals surface area contributed by atoms with Gasteiger partial charge in [0.2, 0.25) is 5.91 Å². The standard InChI is InChI=1S/C27H27F3N4O3/c1-26(17-19-5-3-2-4-6-19,25(36)32-13-15-37-16-14-35)23-11-12-31-24-22(18-33-34(23)24)20-7-9-21(10-8-20)27(28,29)30/h2-12,18,35H,13-17H2,1H3,(H,32,36). The van der Waals surface area contributed by atoms with E-state index in [1.54, 1.807) is 16.8 Å². The number of carbonyl (C=O) groups is 1. The molecule has 4 aromatic rings. The van der Waals surface area contributed by atoms with E-state index in [2.05, 4.69) is 15.4 Å². The molecule has 0 saturated carbocycles. The third kappa shape index (κ3) is 5.81. The molecule has 194 valence electrons. The molecular formula is C27H27F3N4O3. The summed E-state index contributed by atoms with van der Waals surface area (Å²) >= 11 is 0. The SMILES string of the molecule is CC(Cc1ccccc1)(C(=O)NCCOCCO)c1ccnc2c(-c3ccc(C(F)(F)F)cc3)cnn12. The molecule has 0 aliphatic rings. The number of rotatable bonds is 10. The number of nitrogens with one attached hydrogen (secondary N) is 1. The van der Waals surface area contributed by atoms with Crippen LogP contribution in [0.25, 0.3) is 16.8 Å². The van der Waals surface area contributed by atoms with Crippen molar-refractivity contribution in [2.75, 3.05) is 26.4 Å². The summed E-state index contributed by atoms with van der Waals surface area (Å²) < 4.78 is 45.9. The van der Waals surface area contributed by atoms with Gasteiger partial charge in [-0.15, -0.1) is 0 Å². The Balaban J connectivity index is 1.72. The molecule has 2 aromatic heterocycles. The summed E-state index contributed by atoms with van der Waals surface area (Å²) in [6.07, 6.45) is -0.953. The number of hydrogen-bond donors (Lipinski definition) is 2. The number of aromatic nitrogens is 3. The monoisotopic (exact) mass is 512 g/mol. The van der Waals surface area contributed by atoms with Crippen LogP contribution in [-0.2, 0) is 27.5 Å². The molecule has 2 aromatic carbocycles. The number of nitrogens with zero attached hydrogens (tertiary/aromatic N) is 3. The number of ether oxygens (including phenoxy) is 1. The zero-order valence-corrected chi connectivity index (χ0v) is 20.2. The van der Waals surface area contributed by atoms with E-state index >= 15 is 0 Å². The van der Waals surface area contributed by atoms with Gasteiger partial charge in [-0.25, -0.2) is 9.50 Å². The molecule has 4 rings (SSSR count). The fourth-order valence-electron chi connectivity index (χ4n) is 4.24. The van der Waals surface area contributed by atoms with Crippen LogP contribution < -0.4 is 5.32 Å². The summed E-state index contributed by atoms with van der Waals surface area (Å²) in [4.78, 5) is 18.0. The lowest BCUT2D eigenvalue weighted by Crippen LogP contribution is -2.46. The van der Waals surface area contributed by atoms with Gasteiger partial charge in [-0.2, -0.15) is 18.3 Å². The Labute approximate surface area is 211 Å². The van der Waals surface area contributed by atoms with Crippen LogP contribution in [0.2, 0.25) is 0 Å². The van der Waals surface area contributed by atoms with E-state index in [0.29, 0.717) is 28.9 Å². The van der Waals surface area contributed by atoms with E-state index in [9.17, 15) is 18.0 Å². The fraction of sp³-hybridized carbons (Fsp3) is 0.296. The summed E-state index contributed by atoms with van der Waals surface area (Å²) in [6.45, 7) is 2.40. The number of halogens is 3. The summed E-state index contributed by atoms with van der Waals surface area (Å²) in [5.41, 5.74) is 1.22. The average Bonchev–Trinajstić information content (AvgIpc) is 3.33. The minimum absolute atomic E-state index is 0.102. The summed E-state index contributed by atoms with van der Waals surface area (Å²) in [7, 11) is 0. The van der Waals surface area contributed by atoms with Gasteiger partial charge in [0.15, 0.2) is 5.65 Å². The second-order valence-corrected chi connectivity index (χ2v) is 8.79. The van der Waals surface area contributed by atoms with Crippen molar-refractivity contribution in [2.24, 2.45) is 0 Å². The van der Waals surface area contributed by atoms with Crippen molar-refractivity contribution in [3.63, 3.8) is 0 Å². The summed E-state index contributed by atoms with van der Waals surface area (Å²) in [6, 6.07) is 16.1. The van der Waals surface area contributed by atoms with Gasteiger partial charge in [0.05, 0.1) is 42.7 Å². The maximum absolute atomic E-state index is 13.6. The van der Waals surface area contributed by atoms with E-state index in [1.807, 2.05) is 37.3 Å². The van der Waals surface area contributed by atoms with Crippen molar-refractivity contribution < 1.29 is 27.8 Å². The third-order valence-electron chi connectivity index (χ3n) is 6.16. The Kier molecular flexibility index (Phi) is 7.89. The highest BCUT2D eigenvalue weighted by Crippen LogP contribution is 2.34. The van der Waals surface area contributed by atoms with E-state index in [4.69, 9.17) is 9.84 Å². The lowest BCUT2D eigenvalue weighted by Gasteiger charge is -2.29. The molecule has 2 N–H and O–H groups in total. The number of carbonyl (C=O) groups excluding carboxylic acids is 1. The molecule has 0 saturated heterocycles. The van der Waals surface area contributed by atoms with Gasteiger partial charge in [0.25, 0.3) is 0 Å². The van der Waals surface area contributed by atoms with Gasteiger partial charge >= 0.3 is 6.18 Å². The maximum Gasteiger partial charge on any atom is 0.416 e. The van der Waals surface area contributed by atoms with E-state index < -0.39 is 17.2 Å². The van der Waals surface area contributed by atoms with Gasteiger partial charge in [0, 0.05) is 18.3 Å². The molecule has 1 atom stereocenters. The first kappa shape index (κ1) is 26.3. The Morgan fingerprint density at radius 2 is 1.78 bits per heavy atom. The van der Waals surface area contributed by atoms with Gasteiger partial charge in [-0.1, -0.05) is 42.5 Å². The van der Waals surface area contributed by atoms with Crippen molar-refractivity contribution in [1.29, 1.82) is 0 Å². The average molecular weight is 513 g/mol. The first-order valence-corrected chi connectivity index (χ1v) is 11.8. The molecule has 1 unspecified atom stereocenters. The lowest BCUT2D eigenvalue weighted by molar-refractivity contribution is -0.137. The predicted molar refractivity (Wildman–Crippen MR) is 132 cm³/mol. The normalized spacial score (nSPS) is 13.4. The van der Waals surface area contributed by atoms with Crippen LogP contribution in [0.1, 0.15) is 23.7 Å². The lowest BCUT2D eigenvalue weighted by atomic mass is 9.79. The second kappa shape index (κ2) is 11.1. The number of benzene rings is 2. The van der Waals surface area contributed by atoms with Crippen molar-refractivity contribution in [3.8, 4) is 11.1 Å². The Morgan fingerprint density at radius 3 is 2.46 bits per heavy atom. The molecule has 37 heavy (non-hydrogen) atoms.